The summed E-state index contributed by atoms with van der Waals surface area (Å²) in [7, 11) is -4.17. The van der Waals surface area contributed by atoms with E-state index >= 15 is 0 Å². The molecule has 0 saturated heterocycles. The zero-order chi connectivity index (χ0) is 15.7. The first-order valence-corrected chi connectivity index (χ1v) is 7.04. The van der Waals surface area contributed by atoms with E-state index in [0.29, 0.717) is 11.1 Å². The Balaban J connectivity index is 2.96. The van der Waals surface area contributed by atoms with Crippen LogP contribution in [-0.4, -0.2) is 32.3 Å². The number of nitrogen functional groups attached to an aromatic ring is 1. The van der Waals surface area contributed by atoms with Gasteiger partial charge in [0.15, 0.2) is 6.10 Å². The van der Waals surface area contributed by atoms with E-state index in [1.807, 2.05) is 0 Å². The summed E-state index contributed by atoms with van der Waals surface area (Å²) in [6.07, 6.45) is -7.65. The van der Waals surface area contributed by atoms with E-state index in [-0.39, 0.29) is 10.6 Å². The molecule has 0 radical (unpaired) electrons. The highest BCUT2D eigenvalue weighted by Crippen LogP contribution is 2.22. The second-order valence-corrected chi connectivity index (χ2v) is 6.13. The van der Waals surface area contributed by atoms with Crippen LogP contribution in [0, 0.1) is 13.8 Å². The number of anilines is 1. The number of hydrogen-bond acceptors (Lipinski definition) is 4. The van der Waals surface area contributed by atoms with Crippen molar-refractivity contribution >= 4 is 15.7 Å². The lowest BCUT2D eigenvalue weighted by molar-refractivity contribution is -0.200. The molecule has 9 heteroatoms. The van der Waals surface area contributed by atoms with Gasteiger partial charge >= 0.3 is 6.18 Å². The molecule has 0 aromatic heterocycles. The van der Waals surface area contributed by atoms with Gasteiger partial charge in [-0.1, -0.05) is 0 Å². The Hall–Kier alpha value is -1.32. The number of aliphatic hydroxyl groups excluding tert-OH is 1. The van der Waals surface area contributed by atoms with Crippen LogP contribution in [0.25, 0.3) is 0 Å². The highest BCUT2D eigenvalue weighted by molar-refractivity contribution is 7.89. The molecule has 0 saturated carbocycles. The fourth-order valence-corrected chi connectivity index (χ4v) is 2.55. The summed E-state index contributed by atoms with van der Waals surface area (Å²) in [6, 6.07) is 2.46. The summed E-state index contributed by atoms with van der Waals surface area (Å²) >= 11 is 0. The number of nitrogens with two attached hydrogens (primary N) is 1. The van der Waals surface area contributed by atoms with Gasteiger partial charge in [-0.05, 0) is 37.1 Å². The lowest BCUT2D eigenvalue weighted by Crippen LogP contribution is -2.40. The monoisotopic (exact) mass is 312 g/mol. The number of rotatable bonds is 4. The van der Waals surface area contributed by atoms with Crippen molar-refractivity contribution in [1.82, 2.24) is 4.72 Å². The Kier molecular flexibility index (Phi) is 4.67. The van der Waals surface area contributed by atoms with Crippen LogP contribution in [0.1, 0.15) is 11.1 Å². The van der Waals surface area contributed by atoms with E-state index in [2.05, 4.69) is 0 Å². The third-order valence-electron chi connectivity index (χ3n) is 2.84. The van der Waals surface area contributed by atoms with Crippen LogP contribution >= 0.6 is 0 Å². The number of nitrogens with one attached hydrogen (secondary N) is 1. The predicted octanol–water partition coefficient (Wildman–Crippen LogP) is 1.09. The van der Waals surface area contributed by atoms with Crippen LogP contribution < -0.4 is 10.5 Å². The average Bonchev–Trinajstić information content (AvgIpc) is 2.31. The van der Waals surface area contributed by atoms with Crippen molar-refractivity contribution in [3.8, 4) is 0 Å². The second kappa shape index (κ2) is 5.58. The van der Waals surface area contributed by atoms with Crippen LogP contribution in [0.2, 0.25) is 0 Å². The van der Waals surface area contributed by atoms with E-state index in [4.69, 9.17) is 10.8 Å². The number of halogens is 3. The van der Waals surface area contributed by atoms with Crippen molar-refractivity contribution in [2.24, 2.45) is 0 Å². The number of aliphatic hydroxyl groups is 1. The van der Waals surface area contributed by atoms with Gasteiger partial charge in [0.2, 0.25) is 10.0 Å². The van der Waals surface area contributed by atoms with Gasteiger partial charge in [-0.3, -0.25) is 0 Å². The summed E-state index contributed by atoms with van der Waals surface area (Å²) in [5.74, 6) is 0. The molecule has 0 fully saturated rings. The predicted molar refractivity (Wildman–Crippen MR) is 67.6 cm³/mol. The largest absolute Gasteiger partial charge is 0.415 e. The van der Waals surface area contributed by atoms with Crippen molar-refractivity contribution in [2.45, 2.75) is 31.0 Å². The molecule has 4 N–H and O–H groups in total. The maximum atomic E-state index is 12.1. The molecule has 1 aromatic carbocycles. The summed E-state index contributed by atoms with van der Waals surface area (Å²) in [6.45, 7) is 2.18. The molecule has 0 spiro atoms. The molecule has 1 rings (SSSR count). The van der Waals surface area contributed by atoms with Gasteiger partial charge in [0.25, 0.3) is 0 Å². The van der Waals surface area contributed by atoms with Crippen molar-refractivity contribution in [2.75, 3.05) is 12.3 Å². The first-order chi connectivity index (χ1) is 8.95. The van der Waals surface area contributed by atoms with Gasteiger partial charge in [0.05, 0.1) is 4.90 Å². The molecule has 20 heavy (non-hydrogen) atoms. The third-order valence-corrected chi connectivity index (χ3v) is 4.24. The van der Waals surface area contributed by atoms with Gasteiger partial charge in [-0.25, -0.2) is 13.1 Å². The van der Waals surface area contributed by atoms with E-state index in [0.717, 1.165) is 6.07 Å². The maximum absolute atomic E-state index is 12.1. The number of sulfonamides is 1. The van der Waals surface area contributed by atoms with Crippen molar-refractivity contribution < 1.29 is 26.7 Å². The summed E-state index contributed by atoms with van der Waals surface area (Å²) in [5, 5.41) is 8.77. The van der Waals surface area contributed by atoms with E-state index in [1.54, 1.807) is 18.6 Å². The molecule has 1 unspecified atom stereocenters. The molecule has 5 nitrogen and oxygen atoms in total. The minimum Gasteiger partial charge on any atom is -0.398 e. The molecule has 0 aliphatic rings. The van der Waals surface area contributed by atoms with Gasteiger partial charge in [0.1, 0.15) is 0 Å². The Labute approximate surface area is 114 Å². The molecule has 0 aliphatic carbocycles. The van der Waals surface area contributed by atoms with Crippen molar-refractivity contribution in [3.63, 3.8) is 0 Å². The molecule has 0 aliphatic heterocycles. The van der Waals surface area contributed by atoms with Gasteiger partial charge in [-0.2, -0.15) is 13.2 Å². The molecule has 0 heterocycles. The second-order valence-electron chi connectivity index (χ2n) is 4.36. The number of benzene rings is 1. The Morgan fingerprint density at radius 1 is 1.35 bits per heavy atom. The third kappa shape index (κ3) is 3.84. The lowest BCUT2D eigenvalue weighted by atomic mass is 10.1. The molecule has 1 atom stereocenters. The minimum atomic E-state index is -4.88. The fourth-order valence-electron chi connectivity index (χ4n) is 1.40. The zero-order valence-electron chi connectivity index (χ0n) is 10.8. The smallest absolute Gasteiger partial charge is 0.398 e. The highest BCUT2D eigenvalue weighted by Gasteiger charge is 2.38. The van der Waals surface area contributed by atoms with Crippen molar-refractivity contribution in [1.29, 1.82) is 0 Å². The summed E-state index contributed by atoms with van der Waals surface area (Å²) in [5.41, 5.74) is 7.14. The first-order valence-electron chi connectivity index (χ1n) is 5.56. The summed E-state index contributed by atoms with van der Waals surface area (Å²) < 4.78 is 61.7. The molecular weight excluding hydrogens is 297 g/mol. The lowest BCUT2D eigenvalue weighted by Gasteiger charge is -2.16. The average molecular weight is 312 g/mol. The van der Waals surface area contributed by atoms with Crippen LogP contribution in [0.4, 0.5) is 18.9 Å². The Morgan fingerprint density at radius 2 is 1.90 bits per heavy atom. The SMILES string of the molecule is Cc1cc(S(=O)(=O)NCC(O)C(F)(F)F)cc(N)c1C. The number of alkyl halides is 3. The van der Waals surface area contributed by atoms with Crippen LogP contribution in [0.15, 0.2) is 17.0 Å². The van der Waals surface area contributed by atoms with E-state index < -0.39 is 28.8 Å². The molecule has 0 amide bonds. The quantitative estimate of drug-likeness (QED) is 0.726. The minimum absolute atomic E-state index is 0.224. The molecular formula is C11H15F3N2O3S. The van der Waals surface area contributed by atoms with Crippen LogP contribution in [0.3, 0.4) is 0 Å². The topological polar surface area (TPSA) is 92.4 Å². The Bertz CT molecular complexity index is 576. The number of hydrogen-bond donors (Lipinski definition) is 3. The maximum Gasteiger partial charge on any atom is 0.415 e. The Morgan fingerprint density at radius 3 is 2.35 bits per heavy atom. The van der Waals surface area contributed by atoms with E-state index in [1.165, 1.54) is 6.07 Å². The van der Waals surface area contributed by atoms with Gasteiger partial charge in [-0.15, -0.1) is 0 Å². The highest BCUT2D eigenvalue weighted by atomic mass is 32.2. The zero-order valence-corrected chi connectivity index (χ0v) is 11.6. The summed E-state index contributed by atoms with van der Waals surface area (Å²) in [4.78, 5) is -0.243. The molecule has 0 bridgehead atoms. The number of aryl methyl sites for hydroxylation is 1. The van der Waals surface area contributed by atoms with Crippen molar-refractivity contribution in [3.05, 3.63) is 23.3 Å². The molecule has 1 aromatic rings. The molecule has 114 valence electrons. The van der Waals surface area contributed by atoms with Crippen LogP contribution in [0.5, 0.6) is 0 Å². The normalized spacial score (nSPS) is 14.3. The van der Waals surface area contributed by atoms with Crippen LogP contribution in [-0.2, 0) is 10.0 Å². The van der Waals surface area contributed by atoms with Gasteiger partial charge in [0, 0.05) is 12.2 Å². The van der Waals surface area contributed by atoms with Gasteiger partial charge < -0.3 is 10.8 Å². The standard InChI is InChI=1S/C11H15F3N2O3S/c1-6-3-8(4-9(15)7(6)2)20(18,19)16-5-10(17)11(12,13)14/h3-4,10,16-17H,5,15H2,1-2H3. The van der Waals surface area contributed by atoms with E-state index in [9.17, 15) is 21.6 Å². The fraction of sp³-hybridized carbons (Fsp3) is 0.455. The first kappa shape index (κ1) is 16.7.